The molecule has 0 bridgehead atoms. The van der Waals surface area contributed by atoms with Crippen molar-refractivity contribution < 1.29 is 0 Å². The smallest absolute Gasteiger partial charge is 0.0801 e. The van der Waals surface area contributed by atoms with Gasteiger partial charge in [0, 0.05) is 10.6 Å². The molecule has 0 fully saturated rings. The van der Waals surface area contributed by atoms with Crippen LogP contribution in [0.4, 0.5) is 0 Å². The van der Waals surface area contributed by atoms with E-state index in [4.69, 9.17) is 0 Å². The van der Waals surface area contributed by atoms with Crippen LogP contribution in [0.2, 0.25) is 0 Å². The van der Waals surface area contributed by atoms with Gasteiger partial charge in [-0.15, -0.1) is 12.6 Å². The molecule has 0 saturated heterocycles. The van der Waals surface area contributed by atoms with Crippen molar-refractivity contribution in [2.24, 2.45) is 0 Å². The Hall–Kier alpha value is -1.02. The zero-order valence-electron chi connectivity index (χ0n) is 7.49. The highest BCUT2D eigenvalue weighted by atomic mass is 32.1. The highest BCUT2D eigenvalue weighted by Crippen LogP contribution is 2.23. The summed E-state index contributed by atoms with van der Waals surface area (Å²) in [5.41, 5.74) is 3.31. The summed E-state index contributed by atoms with van der Waals surface area (Å²) in [6.07, 6.45) is 7.09. The van der Waals surface area contributed by atoms with Gasteiger partial charge in [0.25, 0.3) is 0 Å². The molecule has 1 aliphatic rings. The third-order valence-electron chi connectivity index (χ3n) is 2.09. The van der Waals surface area contributed by atoms with Crippen molar-refractivity contribution >= 4 is 17.5 Å². The minimum atomic E-state index is 0.948. The molecular formula is C11H11NS. The van der Waals surface area contributed by atoms with Crippen molar-refractivity contribution in [1.82, 2.24) is 4.98 Å². The van der Waals surface area contributed by atoms with Gasteiger partial charge in [-0.05, 0) is 31.1 Å². The van der Waals surface area contributed by atoms with E-state index in [9.17, 15) is 0 Å². The Morgan fingerprint density at radius 3 is 3.08 bits per heavy atom. The Morgan fingerprint density at radius 2 is 2.23 bits per heavy atom. The van der Waals surface area contributed by atoms with Crippen LogP contribution in [0.25, 0.3) is 4.91 Å². The van der Waals surface area contributed by atoms with Crippen LogP contribution in [0, 0.1) is 6.92 Å². The number of aryl methyl sites for hydroxylation is 1. The molecule has 0 N–H and O–H groups in total. The van der Waals surface area contributed by atoms with Crippen molar-refractivity contribution in [1.29, 1.82) is 0 Å². The SMILES string of the molecule is Cc1ccc2c(n1)C(S)=CC=CC2. The monoisotopic (exact) mass is 189 g/mol. The largest absolute Gasteiger partial charge is 0.252 e. The molecule has 0 saturated carbocycles. The molecule has 0 aliphatic heterocycles. The molecule has 0 amide bonds. The van der Waals surface area contributed by atoms with Crippen LogP contribution in [0.1, 0.15) is 17.0 Å². The van der Waals surface area contributed by atoms with Crippen LogP contribution in [0.15, 0.2) is 30.4 Å². The number of fused-ring (bicyclic) bond motifs is 1. The Morgan fingerprint density at radius 1 is 1.38 bits per heavy atom. The van der Waals surface area contributed by atoms with Crippen LogP contribution in [-0.2, 0) is 6.42 Å². The molecule has 66 valence electrons. The summed E-state index contributed by atoms with van der Waals surface area (Å²) in [6.45, 7) is 2.00. The first-order chi connectivity index (χ1) is 6.27. The zero-order valence-corrected chi connectivity index (χ0v) is 8.38. The van der Waals surface area contributed by atoms with Crippen LogP contribution in [0.5, 0.6) is 0 Å². The van der Waals surface area contributed by atoms with Gasteiger partial charge >= 0.3 is 0 Å². The summed E-state index contributed by atoms with van der Waals surface area (Å²) < 4.78 is 0. The average molecular weight is 189 g/mol. The van der Waals surface area contributed by atoms with E-state index in [2.05, 4.69) is 29.8 Å². The summed E-state index contributed by atoms with van der Waals surface area (Å²) in [6, 6.07) is 4.16. The first kappa shape index (κ1) is 8.57. The van der Waals surface area contributed by atoms with E-state index in [0.717, 1.165) is 22.7 Å². The van der Waals surface area contributed by atoms with E-state index in [-0.39, 0.29) is 0 Å². The van der Waals surface area contributed by atoms with E-state index in [1.807, 2.05) is 25.1 Å². The Labute approximate surface area is 83.6 Å². The number of hydrogen-bond acceptors (Lipinski definition) is 2. The maximum Gasteiger partial charge on any atom is 0.0801 e. The van der Waals surface area contributed by atoms with Crippen molar-refractivity contribution in [2.75, 3.05) is 0 Å². The number of allylic oxidation sites excluding steroid dienone is 3. The van der Waals surface area contributed by atoms with Crippen LogP contribution < -0.4 is 0 Å². The number of rotatable bonds is 0. The maximum atomic E-state index is 4.47. The standard InChI is InChI=1S/C11H11NS/c1-8-6-7-9-4-2-3-5-10(13)11(9)12-8/h2-3,5-7,13H,4H2,1H3. The lowest BCUT2D eigenvalue weighted by molar-refractivity contribution is 1.11. The zero-order chi connectivity index (χ0) is 9.26. The Bertz CT molecular complexity index is 391. The van der Waals surface area contributed by atoms with Gasteiger partial charge in [0.05, 0.1) is 5.69 Å². The van der Waals surface area contributed by atoms with Crippen molar-refractivity contribution in [3.8, 4) is 0 Å². The lowest BCUT2D eigenvalue weighted by atomic mass is 10.1. The molecule has 1 nitrogen and oxygen atoms in total. The molecule has 1 aromatic rings. The second-order valence-electron chi connectivity index (χ2n) is 3.14. The minimum Gasteiger partial charge on any atom is -0.252 e. The first-order valence-electron chi connectivity index (χ1n) is 4.30. The summed E-state index contributed by atoms with van der Waals surface area (Å²) in [7, 11) is 0. The normalized spacial score (nSPS) is 14.8. The van der Waals surface area contributed by atoms with Crippen molar-refractivity contribution in [3.63, 3.8) is 0 Å². The molecule has 2 rings (SSSR count). The molecule has 13 heavy (non-hydrogen) atoms. The van der Waals surface area contributed by atoms with Crippen LogP contribution in [0.3, 0.4) is 0 Å². The highest BCUT2D eigenvalue weighted by molar-refractivity contribution is 7.90. The summed E-state index contributed by atoms with van der Waals surface area (Å²) in [5.74, 6) is 0. The second kappa shape index (κ2) is 3.38. The molecule has 1 heterocycles. The van der Waals surface area contributed by atoms with E-state index >= 15 is 0 Å². The fourth-order valence-electron chi connectivity index (χ4n) is 1.41. The molecule has 0 radical (unpaired) electrons. The van der Waals surface area contributed by atoms with Gasteiger partial charge in [-0.1, -0.05) is 18.2 Å². The number of hydrogen-bond donors (Lipinski definition) is 1. The van der Waals surface area contributed by atoms with Gasteiger partial charge in [-0.25, -0.2) is 0 Å². The lowest BCUT2D eigenvalue weighted by Crippen LogP contribution is -1.94. The topological polar surface area (TPSA) is 12.9 Å². The quantitative estimate of drug-likeness (QED) is 0.619. The number of pyridine rings is 1. The first-order valence-corrected chi connectivity index (χ1v) is 4.75. The second-order valence-corrected chi connectivity index (χ2v) is 3.63. The highest BCUT2D eigenvalue weighted by Gasteiger charge is 2.07. The Kier molecular flexibility index (Phi) is 2.23. The number of thiol groups is 1. The summed E-state index contributed by atoms with van der Waals surface area (Å²) in [4.78, 5) is 5.42. The molecule has 0 unspecified atom stereocenters. The van der Waals surface area contributed by atoms with Crippen LogP contribution in [-0.4, -0.2) is 4.98 Å². The number of nitrogens with zero attached hydrogens (tertiary/aromatic N) is 1. The maximum absolute atomic E-state index is 4.47. The van der Waals surface area contributed by atoms with Gasteiger partial charge in [0.15, 0.2) is 0 Å². The molecule has 1 aliphatic carbocycles. The predicted molar refractivity (Wildman–Crippen MR) is 58.8 cm³/mol. The molecule has 0 atom stereocenters. The van der Waals surface area contributed by atoms with Gasteiger partial charge < -0.3 is 0 Å². The summed E-state index contributed by atoms with van der Waals surface area (Å²) in [5, 5.41) is 0. The molecule has 0 aromatic carbocycles. The summed E-state index contributed by atoms with van der Waals surface area (Å²) >= 11 is 4.40. The van der Waals surface area contributed by atoms with E-state index in [1.165, 1.54) is 5.56 Å². The number of aromatic nitrogens is 1. The van der Waals surface area contributed by atoms with E-state index < -0.39 is 0 Å². The van der Waals surface area contributed by atoms with Crippen LogP contribution >= 0.6 is 12.6 Å². The molecule has 0 spiro atoms. The van der Waals surface area contributed by atoms with E-state index in [0.29, 0.717) is 0 Å². The van der Waals surface area contributed by atoms with E-state index in [1.54, 1.807) is 0 Å². The van der Waals surface area contributed by atoms with Gasteiger partial charge in [-0.3, -0.25) is 4.98 Å². The average Bonchev–Trinajstić information content (AvgIpc) is 2.29. The van der Waals surface area contributed by atoms with Gasteiger partial charge in [0.1, 0.15) is 0 Å². The third kappa shape index (κ3) is 1.68. The predicted octanol–water partition coefficient (Wildman–Crippen LogP) is 2.77. The minimum absolute atomic E-state index is 0.948. The third-order valence-corrected chi connectivity index (χ3v) is 2.45. The molecule has 2 heteroatoms. The fraction of sp³-hybridized carbons (Fsp3) is 0.182. The van der Waals surface area contributed by atoms with Crippen molar-refractivity contribution in [2.45, 2.75) is 13.3 Å². The van der Waals surface area contributed by atoms with Crippen molar-refractivity contribution in [3.05, 3.63) is 47.3 Å². The van der Waals surface area contributed by atoms with Gasteiger partial charge in [-0.2, -0.15) is 0 Å². The molecular weight excluding hydrogens is 178 g/mol. The van der Waals surface area contributed by atoms with Gasteiger partial charge in [0.2, 0.25) is 0 Å². The molecule has 1 aromatic heterocycles. The fourth-order valence-corrected chi connectivity index (χ4v) is 1.68. The Balaban J connectivity index is 2.60. The lowest BCUT2D eigenvalue weighted by Gasteiger charge is -2.05.